The zero-order valence-electron chi connectivity index (χ0n) is 16.7. The number of thioether (sulfide) groups is 1. The number of rotatable bonds is 7. The van der Waals surface area contributed by atoms with Crippen molar-refractivity contribution in [3.8, 4) is 5.75 Å². The fourth-order valence-corrected chi connectivity index (χ4v) is 4.41. The molecule has 3 rings (SSSR count). The molecule has 1 fully saturated rings. The number of nitrogens with zero attached hydrogens (tertiary/aromatic N) is 2. The number of fused-ring (bicyclic) bond motifs is 1. The van der Waals surface area contributed by atoms with Crippen molar-refractivity contribution in [2.24, 2.45) is 4.99 Å². The third-order valence-corrected chi connectivity index (χ3v) is 5.93. The molecule has 0 radical (unpaired) electrons. The molecule has 28 heavy (non-hydrogen) atoms. The lowest BCUT2D eigenvalue weighted by Gasteiger charge is -2.32. The third kappa shape index (κ3) is 3.94. The van der Waals surface area contributed by atoms with Gasteiger partial charge in [0.05, 0.1) is 36.3 Å². The van der Waals surface area contributed by atoms with Crippen molar-refractivity contribution in [3.63, 3.8) is 0 Å². The maximum atomic E-state index is 12.8. The number of ether oxygens (including phenoxy) is 2. The molecule has 1 aromatic carbocycles. The minimum absolute atomic E-state index is 0.0532. The second kappa shape index (κ2) is 8.82. The van der Waals surface area contributed by atoms with Gasteiger partial charge in [0.15, 0.2) is 5.17 Å². The third-order valence-electron chi connectivity index (χ3n) is 4.88. The van der Waals surface area contributed by atoms with Crippen LogP contribution in [0.4, 0.5) is 0 Å². The van der Waals surface area contributed by atoms with E-state index in [-0.39, 0.29) is 11.2 Å². The van der Waals surface area contributed by atoms with Crippen LogP contribution in [-0.2, 0) is 14.3 Å². The predicted molar refractivity (Wildman–Crippen MR) is 110 cm³/mol. The second-order valence-corrected chi connectivity index (χ2v) is 8.19. The molecule has 7 heteroatoms. The average molecular weight is 403 g/mol. The van der Waals surface area contributed by atoms with Gasteiger partial charge in [0.1, 0.15) is 5.75 Å². The standard InChI is InChI=1S/C21H26N2O4S/c1-5-6-7-12-27-16-10-8-15(9-11-16)18-17(20(25)26-4)13(2)22-21-23(18)19(24)14(3)28-21/h8-11,14,18H,5-7,12H2,1-4H3/t14-,18+/m0/s1. The molecule has 0 aromatic heterocycles. The fraction of sp³-hybridized carbons (Fsp3) is 0.476. The number of amides is 1. The highest BCUT2D eigenvalue weighted by Gasteiger charge is 2.46. The van der Waals surface area contributed by atoms with E-state index in [1.807, 2.05) is 31.2 Å². The van der Waals surface area contributed by atoms with Crippen LogP contribution in [-0.4, -0.2) is 40.9 Å². The van der Waals surface area contributed by atoms with E-state index in [1.54, 1.807) is 11.8 Å². The van der Waals surface area contributed by atoms with Crippen molar-refractivity contribution in [1.29, 1.82) is 0 Å². The molecule has 150 valence electrons. The Balaban J connectivity index is 1.91. The SMILES string of the molecule is CCCCCOc1ccc([C@@H]2C(C(=O)OC)=C(C)N=C3S[C@@H](C)C(=O)N32)cc1. The topological polar surface area (TPSA) is 68.2 Å². The number of esters is 1. The Hall–Kier alpha value is -2.28. The Morgan fingerprint density at radius 1 is 1.25 bits per heavy atom. The molecule has 0 bridgehead atoms. The lowest BCUT2D eigenvalue weighted by Crippen LogP contribution is -2.40. The van der Waals surface area contributed by atoms with E-state index < -0.39 is 12.0 Å². The van der Waals surface area contributed by atoms with Crippen LogP contribution in [0.1, 0.15) is 51.6 Å². The summed E-state index contributed by atoms with van der Waals surface area (Å²) in [6.07, 6.45) is 3.31. The number of hydrogen-bond acceptors (Lipinski definition) is 6. The van der Waals surface area contributed by atoms with Crippen molar-refractivity contribution in [2.75, 3.05) is 13.7 Å². The van der Waals surface area contributed by atoms with Crippen LogP contribution in [0.5, 0.6) is 5.75 Å². The summed E-state index contributed by atoms with van der Waals surface area (Å²) in [6, 6.07) is 7.03. The van der Waals surface area contributed by atoms with Crippen molar-refractivity contribution in [2.45, 2.75) is 51.3 Å². The zero-order chi connectivity index (χ0) is 20.3. The number of allylic oxidation sites excluding steroid dienone is 1. The van der Waals surface area contributed by atoms with E-state index in [4.69, 9.17) is 9.47 Å². The number of aliphatic imine (C=N–C) groups is 1. The zero-order valence-corrected chi connectivity index (χ0v) is 17.5. The second-order valence-electron chi connectivity index (χ2n) is 6.88. The molecule has 1 amide bonds. The van der Waals surface area contributed by atoms with Gasteiger partial charge in [0, 0.05) is 0 Å². The van der Waals surface area contributed by atoms with Gasteiger partial charge in [-0.1, -0.05) is 43.7 Å². The van der Waals surface area contributed by atoms with Crippen LogP contribution >= 0.6 is 11.8 Å². The van der Waals surface area contributed by atoms with Crippen LogP contribution in [0.15, 0.2) is 40.5 Å². The molecule has 0 unspecified atom stereocenters. The van der Waals surface area contributed by atoms with Crippen molar-refractivity contribution in [1.82, 2.24) is 4.90 Å². The van der Waals surface area contributed by atoms with E-state index in [2.05, 4.69) is 11.9 Å². The Kier molecular flexibility index (Phi) is 6.44. The maximum absolute atomic E-state index is 12.8. The fourth-order valence-electron chi connectivity index (χ4n) is 3.38. The molecule has 2 heterocycles. The minimum atomic E-state index is -0.543. The molecule has 0 aliphatic carbocycles. The summed E-state index contributed by atoms with van der Waals surface area (Å²) in [5, 5.41) is 0.403. The van der Waals surface area contributed by atoms with Gasteiger partial charge in [-0.2, -0.15) is 0 Å². The molecular formula is C21H26N2O4S. The minimum Gasteiger partial charge on any atom is -0.494 e. The van der Waals surface area contributed by atoms with Crippen LogP contribution in [0.2, 0.25) is 0 Å². The van der Waals surface area contributed by atoms with E-state index in [1.165, 1.54) is 18.9 Å². The molecule has 0 saturated carbocycles. The summed E-state index contributed by atoms with van der Waals surface area (Å²) in [7, 11) is 1.34. The molecule has 0 spiro atoms. The van der Waals surface area contributed by atoms with Crippen molar-refractivity contribution in [3.05, 3.63) is 41.1 Å². The highest BCUT2D eigenvalue weighted by Crippen LogP contribution is 2.43. The molecule has 1 saturated heterocycles. The van der Waals surface area contributed by atoms with Gasteiger partial charge in [-0.3, -0.25) is 9.69 Å². The van der Waals surface area contributed by atoms with Gasteiger partial charge in [-0.25, -0.2) is 9.79 Å². The molecule has 1 aromatic rings. The molecule has 2 aliphatic heterocycles. The summed E-state index contributed by atoms with van der Waals surface area (Å²) in [5.41, 5.74) is 1.81. The summed E-state index contributed by atoms with van der Waals surface area (Å²) in [6.45, 7) is 6.47. The van der Waals surface area contributed by atoms with Gasteiger partial charge < -0.3 is 9.47 Å². The smallest absolute Gasteiger partial charge is 0.338 e. The van der Waals surface area contributed by atoms with Crippen LogP contribution < -0.4 is 4.74 Å². The summed E-state index contributed by atoms with van der Waals surface area (Å²) in [5.74, 6) is 0.255. The lowest BCUT2D eigenvalue weighted by molar-refractivity contribution is -0.137. The first-order chi connectivity index (χ1) is 13.5. The van der Waals surface area contributed by atoms with Gasteiger partial charge in [-0.15, -0.1) is 0 Å². The average Bonchev–Trinajstić information content (AvgIpc) is 2.97. The number of carbonyl (C=O) groups is 2. The van der Waals surface area contributed by atoms with Crippen LogP contribution in [0.3, 0.4) is 0 Å². The molecule has 2 aliphatic rings. The van der Waals surface area contributed by atoms with Gasteiger partial charge in [0.2, 0.25) is 5.91 Å². The van der Waals surface area contributed by atoms with Gasteiger partial charge in [0.25, 0.3) is 0 Å². The highest BCUT2D eigenvalue weighted by atomic mass is 32.2. The summed E-state index contributed by atoms with van der Waals surface area (Å²) >= 11 is 1.42. The van der Waals surface area contributed by atoms with Crippen molar-refractivity contribution >= 4 is 28.8 Å². The van der Waals surface area contributed by atoms with E-state index >= 15 is 0 Å². The largest absolute Gasteiger partial charge is 0.494 e. The Morgan fingerprint density at radius 2 is 1.96 bits per heavy atom. The first-order valence-electron chi connectivity index (χ1n) is 9.58. The Morgan fingerprint density at radius 3 is 2.61 bits per heavy atom. The maximum Gasteiger partial charge on any atom is 0.338 e. The number of carbonyl (C=O) groups excluding carboxylic acids is 2. The summed E-state index contributed by atoms with van der Waals surface area (Å²) in [4.78, 5) is 31.4. The summed E-state index contributed by atoms with van der Waals surface area (Å²) < 4.78 is 10.8. The van der Waals surface area contributed by atoms with Crippen LogP contribution in [0.25, 0.3) is 0 Å². The first-order valence-corrected chi connectivity index (χ1v) is 10.5. The number of unbranched alkanes of at least 4 members (excludes halogenated alkanes) is 2. The number of hydrogen-bond donors (Lipinski definition) is 0. The first kappa shape index (κ1) is 20.5. The van der Waals surface area contributed by atoms with E-state index in [9.17, 15) is 9.59 Å². The van der Waals surface area contributed by atoms with Gasteiger partial charge in [-0.05, 0) is 38.0 Å². The molecule has 0 N–H and O–H groups in total. The Labute approximate surface area is 170 Å². The number of methoxy groups -OCH3 is 1. The number of benzene rings is 1. The molecule has 6 nitrogen and oxygen atoms in total. The normalized spacial score (nSPS) is 21.5. The van der Waals surface area contributed by atoms with Crippen molar-refractivity contribution < 1.29 is 19.1 Å². The Bertz CT molecular complexity index is 816. The lowest BCUT2D eigenvalue weighted by atomic mass is 9.94. The molecule has 2 atom stereocenters. The van der Waals surface area contributed by atoms with Crippen LogP contribution in [0, 0.1) is 0 Å². The predicted octanol–water partition coefficient (Wildman–Crippen LogP) is 4.08. The van der Waals surface area contributed by atoms with E-state index in [0.717, 1.165) is 30.6 Å². The number of amidine groups is 1. The van der Waals surface area contributed by atoms with E-state index in [0.29, 0.717) is 23.0 Å². The highest BCUT2D eigenvalue weighted by molar-refractivity contribution is 8.15. The van der Waals surface area contributed by atoms with Gasteiger partial charge >= 0.3 is 5.97 Å². The molecular weight excluding hydrogens is 376 g/mol. The monoisotopic (exact) mass is 402 g/mol. The quantitative estimate of drug-likeness (QED) is 0.508.